The maximum Gasteiger partial charge on any atom is 0.222 e. The number of piperidine rings is 1. The van der Waals surface area contributed by atoms with E-state index in [9.17, 15) is 14.3 Å². The van der Waals surface area contributed by atoms with Crippen LogP contribution in [-0.4, -0.2) is 35.1 Å². The van der Waals surface area contributed by atoms with Crippen molar-refractivity contribution in [2.45, 2.75) is 57.5 Å². The maximum absolute atomic E-state index is 12.9. The van der Waals surface area contributed by atoms with Crippen LogP contribution in [0.3, 0.4) is 0 Å². The van der Waals surface area contributed by atoms with Gasteiger partial charge in [-0.2, -0.15) is 0 Å². The molecule has 1 aliphatic carbocycles. The second-order valence-corrected chi connectivity index (χ2v) is 7.17. The Balaban J connectivity index is 1.49. The third kappa shape index (κ3) is 3.74. The van der Waals surface area contributed by atoms with Gasteiger partial charge in [-0.25, -0.2) is 4.39 Å². The van der Waals surface area contributed by atoms with E-state index in [1.807, 2.05) is 4.90 Å². The van der Waals surface area contributed by atoms with Crippen molar-refractivity contribution >= 4 is 5.91 Å². The molecule has 3 nitrogen and oxygen atoms in total. The van der Waals surface area contributed by atoms with E-state index >= 15 is 0 Å². The summed E-state index contributed by atoms with van der Waals surface area (Å²) in [6, 6.07) is 6.50. The fraction of sp³-hybridized carbons (Fsp3) is 0.632. The Labute approximate surface area is 137 Å². The van der Waals surface area contributed by atoms with Crippen LogP contribution in [-0.2, 0) is 11.2 Å². The molecule has 1 aliphatic heterocycles. The minimum atomic E-state index is -0.239. The Morgan fingerprint density at radius 3 is 2.70 bits per heavy atom. The normalized spacial score (nSPS) is 27.6. The van der Waals surface area contributed by atoms with Crippen LogP contribution in [0.15, 0.2) is 24.3 Å². The van der Waals surface area contributed by atoms with E-state index in [2.05, 4.69) is 0 Å². The van der Waals surface area contributed by atoms with E-state index in [0.717, 1.165) is 63.6 Å². The number of aliphatic hydroxyl groups excluding tert-OH is 1. The van der Waals surface area contributed by atoms with Gasteiger partial charge < -0.3 is 10.0 Å². The third-order valence-electron chi connectivity index (χ3n) is 5.59. The summed E-state index contributed by atoms with van der Waals surface area (Å²) in [5, 5.41) is 10.3. The molecule has 0 bridgehead atoms. The van der Waals surface area contributed by atoms with Gasteiger partial charge in [0.1, 0.15) is 5.82 Å². The van der Waals surface area contributed by atoms with Gasteiger partial charge in [0, 0.05) is 24.9 Å². The molecule has 1 spiro atoms. The Kier molecular flexibility index (Phi) is 5.00. The number of carbonyl (C=O) groups excluding carboxylic acids is 1. The van der Waals surface area contributed by atoms with Crippen molar-refractivity contribution < 1.29 is 14.3 Å². The minimum Gasteiger partial charge on any atom is -0.392 e. The molecular formula is C19H26FNO2. The number of carbonyl (C=O) groups is 1. The summed E-state index contributed by atoms with van der Waals surface area (Å²) in [5.74, 6) is -0.0242. The predicted octanol–water partition coefficient (Wildman–Crippen LogP) is 3.30. The maximum atomic E-state index is 12.9. The average molecular weight is 319 g/mol. The van der Waals surface area contributed by atoms with Gasteiger partial charge in [0.05, 0.1) is 6.10 Å². The van der Waals surface area contributed by atoms with Gasteiger partial charge in [-0.3, -0.25) is 4.79 Å². The van der Waals surface area contributed by atoms with Gasteiger partial charge in [0.25, 0.3) is 0 Å². The van der Waals surface area contributed by atoms with E-state index in [1.54, 1.807) is 12.1 Å². The standard InChI is InChI=1S/C19H26FNO2/c20-16-9-7-15(8-10-16)4-1-6-18(23)21-13-3-12-19(14-21)11-2-5-17(19)22/h7-10,17,22H,1-6,11-14H2/t17-,19+/m1/s1. The zero-order chi connectivity index (χ0) is 16.3. The van der Waals surface area contributed by atoms with Gasteiger partial charge in [-0.15, -0.1) is 0 Å². The minimum absolute atomic E-state index is 0.0368. The molecule has 1 aromatic carbocycles. The molecule has 1 N–H and O–H groups in total. The second kappa shape index (κ2) is 7.00. The quantitative estimate of drug-likeness (QED) is 0.925. The Bertz CT molecular complexity index is 545. The summed E-state index contributed by atoms with van der Waals surface area (Å²) < 4.78 is 12.9. The summed E-state index contributed by atoms with van der Waals surface area (Å²) >= 11 is 0. The van der Waals surface area contributed by atoms with Crippen molar-refractivity contribution in [1.29, 1.82) is 0 Å². The number of nitrogens with zero attached hydrogens (tertiary/aromatic N) is 1. The molecule has 1 aromatic rings. The van der Waals surface area contributed by atoms with Crippen LogP contribution in [0.2, 0.25) is 0 Å². The number of aliphatic hydroxyl groups is 1. The molecule has 1 saturated carbocycles. The van der Waals surface area contributed by atoms with Gasteiger partial charge in [-0.05, 0) is 56.2 Å². The summed E-state index contributed by atoms with van der Waals surface area (Å²) in [6.45, 7) is 1.55. The van der Waals surface area contributed by atoms with E-state index in [4.69, 9.17) is 0 Å². The van der Waals surface area contributed by atoms with Crippen LogP contribution in [0.4, 0.5) is 4.39 Å². The molecule has 0 radical (unpaired) electrons. The van der Waals surface area contributed by atoms with Crippen LogP contribution in [0, 0.1) is 11.2 Å². The molecule has 0 unspecified atom stereocenters. The second-order valence-electron chi connectivity index (χ2n) is 7.17. The van der Waals surface area contributed by atoms with Gasteiger partial charge >= 0.3 is 0 Å². The lowest BCUT2D eigenvalue weighted by atomic mass is 9.76. The van der Waals surface area contributed by atoms with Crippen LogP contribution < -0.4 is 0 Å². The van der Waals surface area contributed by atoms with Crippen LogP contribution >= 0.6 is 0 Å². The number of halogens is 1. The van der Waals surface area contributed by atoms with E-state index in [1.165, 1.54) is 12.1 Å². The smallest absolute Gasteiger partial charge is 0.222 e. The number of rotatable bonds is 4. The molecule has 3 rings (SSSR count). The molecule has 2 fully saturated rings. The molecule has 0 aromatic heterocycles. The molecule has 1 saturated heterocycles. The average Bonchev–Trinajstić information content (AvgIpc) is 2.89. The third-order valence-corrected chi connectivity index (χ3v) is 5.59. The molecule has 23 heavy (non-hydrogen) atoms. The largest absolute Gasteiger partial charge is 0.392 e. The Morgan fingerprint density at radius 2 is 2.00 bits per heavy atom. The highest BCUT2D eigenvalue weighted by molar-refractivity contribution is 5.76. The van der Waals surface area contributed by atoms with Crippen molar-refractivity contribution in [3.63, 3.8) is 0 Å². The van der Waals surface area contributed by atoms with Crippen LogP contribution in [0.1, 0.15) is 50.5 Å². The lowest BCUT2D eigenvalue weighted by molar-refractivity contribution is -0.136. The van der Waals surface area contributed by atoms with Crippen molar-refractivity contribution in [3.8, 4) is 0 Å². The first kappa shape index (κ1) is 16.4. The fourth-order valence-electron chi connectivity index (χ4n) is 4.22. The monoisotopic (exact) mass is 319 g/mol. The lowest BCUT2D eigenvalue weighted by Crippen LogP contribution is -2.49. The van der Waals surface area contributed by atoms with Crippen molar-refractivity contribution in [2.75, 3.05) is 13.1 Å². The molecule has 126 valence electrons. The van der Waals surface area contributed by atoms with Gasteiger partial charge in [-0.1, -0.05) is 18.6 Å². The highest BCUT2D eigenvalue weighted by atomic mass is 19.1. The van der Waals surface area contributed by atoms with E-state index < -0.39 is 0 Å². The first-order valence-electron chi connectivity index (χ1n) is 8.79. The summed E-state index contributed by atoms with van der Waals surface area (Å²) in [5.41, 5.74) is 1.03. The number of hydrogen-bond acceptors (Lipinski definition) is 2. The zero-order valence-electron chi connectivity index (χ0n) is 13.6. The first-order valence-corrected chi connectivity index (χ1v) is 8.79. The Morgan fingerprint density at radius 1 is 1.26 bits per heavy atom. The van der Waals surface area contributed by atoms with Crippen LogP contribution in [0.25, 0.3) is 0 Å². The predicted molar refractivity (Wildman–Crippen MR) is 87.4 cm³/mol. The highest BCUT2D eigenvalue weighted by Crippen LogP contribution is 2.45. The number of benzene rings is 1. The molecule has 1 heterocycles. The molecule has 4 heteroatoms. The number of amides is 1. The Hall–Kier alpha value is -1.42. The number of hydrogen-bond donors (Lipinski definition) is 1. The summed E-state index contributed by atoms with van der Waals surface area (Å²) in [4.78, 5) is 14.4. The zero-order valence-corrected chi connectivity index (χ0v) is 13.6. The topological polar surface area (TPSA) is 40.5 Å². The molecule has 2 atom stereocenters. The number of likely N-dealkylation sites (tertiary alicyclic amines) is 1. The molecule has 2 aliphatic rings. The molecule has 1 amide bonds. The van der Waals surface area contributed by atoms with Crippen molar-refractivity contribution in [3.05, 3.63) is 35.6 Å². The van der Waals surface area contributed by atoms with E-state index in [-0.39, 0.29) is 23.2 Å². The highest BCUT2D eigenvalue weighted by Gasteiger charge is 2.45. The van der Waals surface area contributed by atoms with Gasteiger partial charge in [0.2, 0.25) is 5.91 Å². The first-order chi connectivity index (χ1) is 11.1. The van der Waals surface area contributed by atoms with Crippen molar-refractivity contribution in [2.24, 2.45) is 5.41 Å². The summed E-state index contributed by atoms with van der Waals surface area (Å²) in [6.07, 6.45) is 6.94. The SMILES string of the molecule is O=C(CCCc1ccc(F)cc1)N1CCC[C@@]2(CCC[C@H]2O)C1. The van der Waals surface area contributed by atoms with E-state index in [0.29, 0.717) is 6.42 Å². The number of aryl methyl sites for hydroxylation is 1. The van der Waals surface area contributed by atoms with Crippen LogP contribution in [0.5, 0.6) is 0 Å². The lowest BCUT2D eigenvalue weighted by Gasteiger charge is -2.42. The fourth-order valence-corrected chi connectivity index (χ4v) is 4.22. The summed E-state index contributed by atoms with van der Waals surface area (Å²) in [7, 11) is 0. The van der Waals surface area contributed by atoms with Gasteiger partial charge in [0.15, 0.2) is 0 Å². The molecular weight excluding hydrogens is 293 g/mol. The van der Waals surface area contributed by atoms with Crippen molar-refractivity contribution in [1.82, 2.24) is 4.90 Å².